The molecule has 2 N–H and O–H groups in total. The summed E-state index contributed by atoms with van der Waals surface area (Å²) < 4.78 is 5.67. The molecule has 0 bridgehead atoms. The molecule has 1 aliphatic heterocycles. The molecule has 0 aliphatic carbocycles. The summed E-state index contributed by atoms with van der Waals surface area (Å²) in [5, 5.41) is 6.28. The minimum atomic E-state index is -0.00937. The number of nitrogens with one attached hydrogen (secondary N) is 2. The molecule has 1 amide bonds. The van der Waals surface area contributed by atoms with Crippen LogP contribution < -0.4 is 10.6 Å². The van der Waals surface area contributed by atoms with Crippen molar-refractivity contribution >= 4 is 30.7 Å². The average molecular weight is 344 g/mol. The zero-order chi connectivity index (χ0) is 14.1. The van der Waals surface area contributed by atoms with E-state index >= 15 is 0 Å². The number of carbonyl (C=O) groups is 1. The van der Waals surface area contributed by atoms with Crippen LogP contribution in [0.5, 0.6) is 0 Å². The summed E-state index contributed by atoms with van der Waals surface area (Å²) >= 11 is 0. The van der Waals surface area contributed by atoms with Crippen molar-refractivity contribution in [2.24, 2.45) is 0 Å². The summed E-state index contributed by atoms with van der Waals surface area (Å²) in [5.41, 5.74) is 0. The molecule has 0 aromatic rings. The van der Waals surface area contributed by atoms with Gasteiger partial charge in [-0.3, -0.25) is 4.79 Å². The van der Waals surface area contributed by atoms with Crippen LogP contribution in [0.25, 0.3) is 0 Å². The van der Waals surface area contributed by atoms with Crippen LogP contribution in [0.1, 0.15) is 32.6 Å². The highest BCUT2D eigenvalue weighted by Gasteiger charge is 2.21. The van der Waals surface area contributed by atoms with E-state index in [9.17, 15) is 4.79 Å². The van der Waals surface area contributed by atoms with Gasteiger partial charge in [-0.1, -0.05) is 6.42 Å². The minimum absolute atomic E-state index is 0. The fourth-order valence-corrected chi connectivity index (χ4v) is 2.30. The Morgan fingerprint density at radius 2 is 2.10 bits per heavy atom. The molecule has 0 saturated carbocycles. The molecule has 21 heavy (non-hydrogen) atoms. The lowest BCUT2D eigenvalue weighted by Gasteiger charge is -2.24. The third-order valence-corrected chi connectivity index (χ3v) is 3.43. The van der Waals surface area contributed by atoms with Crippen LogP contribution in [-0.4, -0.2) is 63.3 Å². The van der Waals surface area contributed by atoms with Crippen molar-refractivity contribution in [3.8, 4) is 0 Å². The second-order valence-electron chi connectivity index (χ2n) is 5.42. The van der Waals surface area contributed by atoms with Gasteiger partial charge in [-0.15, -0.1) is 24.8 Å². The molecule has 0 aromatic heterocycles. The molecule has 1 aliphatic rings. The van der Waals surface area contributed by atoms with Crippen LogP contribution in [0.15, 0.2) is 0 Å². The van der Waals surface area contributed by atoms with Crippen molar-refractivity contribution in [3.63, 3.8) is 0 Å². The topological polar surface area (TPSA) is 53.6 Å². The van der Waals surface area contributed by atoms with Gasteiger partial charge < -0.3 is 20.3 Å². The van der Waals surface area contributed by atoms with Gasteiger partial charge in [0.1, 0.15) is 0 Å². The number of carbonyl (C=O) groups excluding carboxylic acids is 1. The summed E-state index contributed by atoms with van der Waals surface area (Å²) in [5.74, 6) is 0.120. The maximum Gasteiger partial charge on any atom is 0.237 e. The minimum Gasteiger partial charge on any atom is -0.377 e. The van der Waals surface area contributed by atoms with E-state index in [0.717, 1.165) is 32.4 Å². The molecule has 2 unspecified atom stereocenters. The van der Waals surface area contributed by atoms with Crippen LogP contribution in [0.2, 0.25) is 0 Å². The van der Waals surface area contributed by atoms with Gasteiger partial charge in [0.15, 0.2) is 0 Å². The number of halogens is 2. The summed E-state index contributed by atoms with van der Waals surface area (Å²) in [6, 6.07) is -0.00937. The number of hydrogen-bond donors (Lipinski definition) is 2. The summed E-state index contributed by atoms with van der Waals surface area (Å²) in [6.07, 6.45) is 4.32. The molecule has 7 heteroatoms. The molecule has 1 saturated heterocycles. The first-order valence-corrected chi connectivity index (χ1v) is 7.41. The summed E-state index contributed by atoms with van der Waals surface area (Å²) in [4.78, 5) is 14.1. The third kappa shape index (κ3) is 10.3. The molecular formula is C14H31Cl2N3O2. The average Bonchev–Trinajstić information content (AvgIpc) is 2.42. The fourth-order valence-electron chi connectivity index (χ4n) is 2.30. The molecule has 0 spiro atoms. The van der Waals surface area contributed by atoms with Gasteiger partial charge in [0.2, 0.25) is 5.91 Å². The van der Waals surface area contributed by atoms with E-state index in [1.54, 1.807) is 0 Å². The van der Waals surface area contributed by atoms with Crippen LogP contribution in [-0.2, 0) is 9.53 Å². The zero-order valence-electron chi connectivity index (χ0n) is 13.4. The standard InChI is InChI=1S/C14H29N3O2.2ClH/c1-4-19-12(8-10-17(2)3)11-16-14(18)13-7-5-6-9-15-13;;/h12-13,15H,4-11H2,1-3H3,(H,16,18);2*1H. The highest BCUT2D eigenvalue weighted by atomic mass is 35.5. The monoisotopic (exact) mass is 343 g/mol. The van der Waals surface area contributed by atoms with Gasteiger partial charge in [-0.25, -0.2) is 0 Å². The zero-order valence-corrected chi connectivity index (χ0v) is 15.0. The summed E-state index contributed by atoms with van der Waals surface area (Å²) in [6.45, 7) is 5.22. The Kier molecular flexibility index (Phi) is 15.0. The van der Waals surface area contributed by atoms with Gasteiger partial charge >= 0.3 is 0 Å². The van der Waals surface area contributed by atoms with Crippen molar-refractivity contribution < 1.29 is 9.53 Å². The number of hydrogen-bond acceptors (Lipinski definition) is 4. The van der Waals surface area contributed by atoms with Crippen molar-refractivity contribution in [1.82, 2.24) is 15.5 Å². The maximum atomic E-state index is 12.0. The Hall–Kier alpha value is -0.0700. The number of piperidine rings is 1. The maximum absolute atomic E-state index is 12.0. The molecule has 2 atom stereocenters. The predicted octanol–water partition coefficient (Wildman–Crippen LogP) is 1.45. The van der Waals surface area contributed by atoms with Crippen LogP contribution in [0.4, 0.5) is 0 Å². The lowest BCUT2D eigenvalue weighted by atomic mass is 10.0. The van der Waals surface area contributed by atoms with E-state index in [1.807, 2.05) is 21.0 Å². The first-order valence-electron chi connectivity index (χ1n) is 7.41. The van der Waals surface area contributed by atoms with Gasteiger partial charge in [0.05, 0.1) is 12.1 Å². The van der Waals surface area contributed by atoms with E-state index < -0.39 is 0 Å². The Morgan fingerprint density at radius 3 is 2.62 bits per heavy atom. The first-order chi connectivity index (χ1) is 9.13. The van der Waals surface area contributed by atoms with Gasteiger partial charge in [-0.2, -0.15) is 0 Å². The van der Waals surface area contributed by atoms with Crippen LogP contribution in [0, 0.1) is 0 Å². The molecule has 1 rings (SSSR count). The second-order valence-corrected chi connectivity index (χ2v) is 5.42. The van der Waals surface area contributed by atoms with E-state index in [-0.39, 0.29) is 42.9 Å². The van der Waals surface area contributed by atoms with E-state index in [2.05, 4.69) is 15.5 Å². The molecule has 1 fully saturated rings. The molecule has 1 heterocycles. The highest BCUT2D eigenvalue weighted by molar-refractivity contribution is 5.85. The normalized spacial score (nSPS) is 19.3. The van der Waals surface area contributed by atoms with E-state index in [1.165, 1.54) is 6.42 Å². The Morgan fingerprint density at radius 1 is 1.38 bits per heavy atom. The highest BCUT2D eigenvalue weighted by Crippen LogP contribution is 2.07. The first kappa shape index (κ1) is 23.2. The predicted molar refractivity (Wildman–Crippen MR) is 91.7 cm³/mol. The third-order valence-electron chi connectivity index (χ3n) is 3.43. The van der Waals surface area contributed by atoms with Gasteiger partial charge in [0, 0.05) is 19.7 Å². The van der Waals surface area contributed by atoms with E-state index in [0.29, 0.717) is 13.2 Å². The van der Waals surface area contributed by atoms with Crippen molar-refractivity contribution in [1.29, 1.82) is 0 Å². The summed E-state index contributed by atoms with van der Waals surface area (Å²) in [7, 11) is 4.10. The number of amides is 1. The largest absolute Gasteiger partial charge is 0.377 e. The van der Waals surface area contributed by atoms with Crippen LogP contribution in [0.3, 0.4) is 0 Å². The second kappa shape index (κ2) is 13.6. The fraction of sp³-hybridized carbons (Fsp3) is 0.929. The molecule has 128 valence electrons. The van der Waals surface area contributed by atoms with Crippen molar-refractivity contribution in [3.05, 3.63) is 0 Å². The Labute approximate surface area is 141 Å². The number of nitrogens with zero attached hydrogens (tertiary/aromatic N) is 1. The van der Waals surface area contributed by atoms with E-state index in [4.69, 9.17) is 4.74 Å². The smallest absolute Gasteiger partial charge is 0.237 e. The SMILES string of the molecule is CCOC(CCN(C)C)CNC(=O)C1CCCCN1.Cl.Cl. The van der Waals surface area contributed by atoms with Crippen molar-refractivity contribution in [2.75, 3.05) is 40.3 Å². The number of ether oxygens (including phenoxy) is 1. The number of rotatable bonds is 8. The quantitative estimate of drug-likeness (QED) is 0.700. The van der Waals surface area contributed by atoms with Crippen molar-refractivity contribution in [2.45, 2.75) is 44.8 Å². The molecular weight excluding hydrogens is 313 g/mol. The van der Waals surface area contributed by atoms with Gasteiger partial charge in [0.25, 0.3) is 0 Å². The Bertz CT molecular complexity index is 263. The molecule has 0 radical (unpaired) electrons. The van der Waals surface area contributed by atoms with Gasteiger partial charge in [-0.05, 0) is 46.8 Å². The molecule has 0 aromatic carbocycles. The lowest BCUT2D eigenvalue weighted by molar-refractivity contribution is -0.124. The van der Waals surface area contributed by atoms with Crippen LogP contribution >= 0.6 is 24.8 Å². The lowest BCUT2D eigenvalue weighted by Crippen LogP contribution is -2.48. The molecule has 5 nitrogen and oxygen atoms in total. The Balaban J connectivity index is 0.